The molecular weight excluding hydrogens is 525 g/mol. The zero-order valence-electron chi connectivity index (χ0n) is 14.2. The van der Waals surface area contributed by atoms with Gasteiger partial charge in [-0.1, -0.05) is 42.0 Å². The molecule has 0 atom stereocenters. The van der Waals surface area contributed by atoms with Gasteiger partial charge >= 0.3 is 0 Å². The summed E-state index contributed by atoms with van der Waals surface area (Å²) >= 11 is 0. The molecule has 2 heteroatoms. The van der Waals surface area contributed by atoms with Gasteiger partial charge < -0.3 is 4.58 Å². The normalized spacial score (nSPS) is 14.0. The van der Waals surface area contributed by atoms with Crippen molar-refractivity contribution in [1.82, 2.24) is 0 Å². The summed E-state index contributed by atoms with van der Waals surface area (Å²) in [7, 11) is 2.13. The summed E-state index contributed by atoms with van der Waals surface area (Å²) in [6.45, 7) is 4.49. The van der Waals surface area contributed by atoms with Crippen LogP contribution in [0.1, 0.15) is 27.8 Å². The Morgan fingerprint density at radius 1 is 0.875 bits per heavy atom. The van der Waals surface area contributed by atoms with E-state index in [9.17, 15) is 0 Å². The third kappa shape index (κ3) is 1.57. The van der Waals surface area contributed by atoms with Crippen LogP contribution in [0.25, 0.3) is 21.9 Å². The summed E-state index contributed by atoms with van der Waals surface area (Å²) in [6, 6.07) is 13.7. The van der Waals surface area contributed by atoms with Crippen LogP contribution in [0.2, 0.25) is 0 Å². The van der Waals surface area contributed by atoms with Crippen LogP contribution in [0.4, 0.5) is 5.69 Å². The molecule has 24 heavy (non-hydrogen) atoms. The minimum absolute atomic E-state index is 0. The average molecular weight is 544 g/mol. The van der Waals surface area contributed by atoms with E-state index in [0.29, 0.717) is 0 Å². The standard InChI is InChI=1S/C22H19N.Bk/c1-13-4-5-17-12-18-9-7-15-6-8-16-10-11-23(3)22(16)21(15)20(18)19(17)14(13)2;/h4-9H,10,12H2,1-3H3;. The average Bonchev–Trinajstić information content (AvgIpc) is 3.12. The summed E-state index contributed by atoms with van der Waals surface area (Å²) in [5.74, 6) is 0. The fraction of sp³-hybridized carbons (Fsp3) is 0.227. The summed E-state index contributed by atoms with van der Waals surface area (Å²) < 4.78 is 2.20. The van der Waals surface area contributed by atoms with Gasteiger partial charge in [0.15, 0.2) is 0 Å². The van der Waals surface area contributed by atoms with Crippen molar-refractivity contribution in [3.63, 3.8) is 0 Å². The molecule has 0 saturated heterocycles. The maximum absolute atomic E-state index is 3.45. The Hall–Kier alpha value is -3.41. The summed E-state index contributed by atoms with van der Waals surface area (Å²) in [6.07, 6.45) is 5.43. The van der Waals surface area contributed by atoms with Gasteiger partial charge in [0.25, 0.3) is 0 Å². The van der Waals surface area contributed by atoms with Crippen LogP contribution in [-0.4, -0.2) is 17.8 Å². The maximum Gasteiger partial charge on any atom is 0.105 e. The van der Waals surface area contributed by atoms with Crippen molar-refractivity contribution in [1.29, 1.82) is 0 Å². The van der Waals surface area contributed by atoms with E-state index in [1.54, 1.807) is 0 Å². The van der Waals surface area contributed by atoms with Crippen molar-refractivity contribution < 1.29 is 4.58 Å². The molecule has 2 aliphatic rings. The molecule has 1 aliphatic carbocycles. The van der Waals surface area contributed by atoms with Crippen molar-refractivity contribution in [3.05, 3.63) is 64.2 Å². The summed E-state index contributed by atoms with van der Waals surface area (Å²) in [5.41, 5.74) is 11.4. The second kappa shape index (κ2) is 4.55. The van der Waals surface area contributed by atoms with E-state index in [1.165, 1.54) is 55.4 Å². The minimum Gasteiger partial charge on any atom is -0.366 e. The number of hydrogen-bond donors (Lipinski definition) is 0. The Morgan fingerprint density at radius 2 is 1.54 bits per heavy atom. The van der Waals surface area contributed by atoms with Crippen LogP contribution < -0.4 is 0 Å². The summed E-state index contributed by atoms with van der Waals surface area (Å²) in [5, 5.41) is 2.76. The van der Waals surface area contributed by atoms with Gasteiger partial charge in [-0.15, -0.1) is 0 Å². The molecule has 1 nitrogen and oxygen atoms in total. The zero-order valence-corrected chi connectivity index (χ0v) is 16.9. The monoisotopic (exact) mass is 544 g/mol. The SMILES string of the molecule is Cc1ccc2c(c1C)-c1c(ccc3ccc4c(c13)[N+](C)=[C-]C4)C2.[Bk]. The Kier molecular flexibility index (Phi) is 2.69. The van der Waals surface area contributed by atoms with Crippen LogP contribution in [0, 0.1) is 13.8 Å². The maximum atomic E-state index is 3.45. The molecule has 121 valence electrons. The van der Waals surface area contributed by atoms with E-state index in [4.69, 9.17) is 0 Å². The molecule has 1 aliphatic heterocycles. The first kappa shape index (κ1) is 14.2. The van der Waals surface area contributed by atoms with Gasteiger partial charge in [-0.05, 0) is 70.8 Å². The first-order valence-electron chi connectivity index (χ1n) is 8.29. The van der Waals surface area contributed by atoms with Crippen molar-refractivity contribution in [2.75, 3.05) is 7.05 Å². The molecule has 0 amide bonds. The number of aryl methyl sites for hydroxylation is 1. The summed E-state index contributed by atoms with van der Waals surface area (Å²) in [4.78, 5) is 0. The third-order valence-electron chi connectivity index (χ3n) is 5.62. The van der Waals surface area contributed by atoms with E-state index in [2.05, 4.69) is 68.1 Å². The first-order chi connectivity index (χ1) is 11.1. The van der Waals surface area contributed by atoms with Crippen LogP contribution in [0.5, 0.6) is 0 Å². The van der Waals surface area contributed by atoms with E-state index in [1.807, 2.05) is 0 Å². The Bertz CT molecular complexity index is 1040. The largest absolute Gasteiger partial charge is 0.366 e. The van der Waals surface area contributed by atoms with Crippen molar-refractivity contribution in [3.8, 4) is 11.1 Å². The zero-order chi connectivity index (χ0) is 15.7. The molecule has 1 heterocycles. The molecule has 5 rings (SSSR count). The van der Waals surface area contributed by atoms with Crippen LogP contribution in [0.15, 0.2) is 36.4 Å². The number of benzene rings is 3. The quantitative estimate of drug-likeness (QED) is 0.221. The second-order valence-electron chi connectivity index (χ2n) is 6.88. The molecule has 0 unspecified atom stereocenters. The molecule has 0 bridgehead atoms. The van der Waals surface area contributed by atoms with E-state index in [-0.39, 0.29) is 0 Å². The van der Waals surface area contributed by atoms with Crippen LogP contribution in [0.3, 0.4) is 0 Å². The van der Waals surface area contributed by atoms with E-state index in [0.717, 1.165) is 12.8 Å². The molecule has 0 fully saturated rings. The number of hydrogen-bond acceptors (Lipinski definition) is 0. The van der Waals surface area contributed by atoms with Gasteiger partial charge in [-0.3, -0.25) is 0 Å². The Balaban J connectivity index is 0.00000146. The number of rotatable bonds is 0. The Morgan fingerprint density at radius 3 is 2.33 bits per heavy atom. The molecular formula is C22H19BkN. The fourth-order valence-corrected chi connectivity index (χ4v) is 4.30. The Labute approximate surface area is 136 Å². The van der Waals surface area contributed by atoms with Gasteiger partial charge in [-0.25, -0.2) is 0 Å². The molecule has 3 aromatic carbocycles. The van der Waals surface area contributed by atoms with Gasteiger partial charge in [0, 0.05) is 6.21 Å². The van der Waals surface area contributed by atoms with Gasteiger partial charge in [0.05, 0.1) is 5.69 Å². The molecule has 0 N–H and O–H groups in total. The smallest absolute Gasteiger partial charge is 0.105 e. The predicted octanol–water partition coefficient (Wildman–Crippen LogP) is 4.81. The number of nitrogens with zero attached hydrogens (tertiary/aromatic N) is 1. The first-order valence-corrected chi connectivity index (χ1v) is 8.29. The van der Waals surface area contributed by atoms with Crippen LogP contribution in [-0.2, 0) is 12.8 Å². The fourth-order valence-electron chi connectivity index (χ4n) is 4.30. The molecule has 3 aromatic rings. The molecule has 0 spiro atoms. The molecule has 0 aromatic heterocycles. The minimum atomic E-state index is 0. The van der Waals surface area contributed by atoms with Crippen molar-refractivity contribution in [2.45, 2.75) is 26.7 Å². The van der Waals surface area contributed by atoms with E-state index < -0.39 is 0 Å². The molecule has 0 saturated carbocycles. The second-order valence-corrected chi connectivity index (χ2v) is 6.88. The van der Waals surface area contributed by atoms with Crippen molar-refractivity contribution >= 4 is 22.7 Å². The molecule has 1 radical (unpaired) electrons. The third-order valence-corrected chi connectivity index (χ3v) is 5.62. The topological polar surface area (TPSA) is 3.01 Å². The van der Waals surface area contributed by atoms with Gasteiger partial charge in [-0.2, -0.15) is 0 Å². The van der Waals surface area contributed by atoms with Crippen molar-refractivity contribution in [2.24, 2.45) is 0 Å². The predicted molar refractivity (Wildman–Crippen MR) is 96.2 cm³/mol. The van der Waals surface area contributed by atoms with Crippen LogP contribution >= 0.6 is 0 Å². The van der Waals surface area contributed by atoms with Gasteiger partial charge in [0.2, 0.25) is 0 Å². The van der Waals surface area contributed by atoms with Gasteiger partial charge in [0.1, 0.15) is 7.05 Å². The van der Waals surface area contributed by atoms with E-state index >= 15 is 0 Å². The number of fused-ring (bicyclic) bond motifs is 7.